The van der Waals surface area contributed by atoms with Crippen LogP contribution in [0.5, 0.6) is 17.5 Å². The second-order valence-electron chi connectivity index (χ2n) is 7.72. The van der Waals surface area contributed by atoms with E-state index in [0.29, 0.717) is 23.6 Å². The van der Waals surface area contributed by atoms with E-state index < -0.39 is 0 Å². The smallest absolute Gasteiger partial charge is 0.346 e. The fraction of sp³-hybridized carbons (Fsp3) is 0.435. The van der Waals surface area contributed by atoms with Gasteiger partial charge in [-0.15, -0.1) is 0 Å². The zero-order chi connectivity index (χ0) is 20.6. The number of tetrazole rings is 1. The highest BCUT2D eigenvalue weighted by Crippen LogP contribution is 2.32. The van der Waals surface area contributed by atoms with Crippen molar-refractivity contribution in [3.8, 4) is 23.2 Å². The summed E-state index contributed by atoms with van der Waals surface area (Å²) < 4.78 is 13.1. The third-order valence-electron chi connectivity index (χ3n) is 5.57. The molecule has 1 fully saturated rings. The van der Waals surface area contributed by atoms with Crippen LogP contribution in [0.1, 0.15) is 50.5 Å². The van der Waals surface area contributed by atoms with Crippen LogP contribution in [0.3, 0.4) is 0 Å². The first kappa shape index (κ1) is 20.3. The molecule has 7 nitrogen and oxygen atoms in total. The molecule has 0 amide bonds. The van der Waals surface area contributed by atoms with Crippen LogP contribution in [-0.2, 0) is 6.54 Å². The van der Waals surface area contributed by atoms with Gasteiger partial charge in [-0.05, 0) is 53.1 Å². The van der Waals surface area contributed by atoms with E-state index in [2.05, 4.69) is 26.9 Å². The Morgan fingerprint density at radius 2 is 1.73 bits per heavy atom. The van der Waals surface area contributed by atoms with Crippen LogP contribution < -0.4 is 14.8 Å². The van der Waals surface area contributed by atoms with Gasteiger partial charge in [0.05, 0.1) is 12.8 Å². The molecule has 3 aromatic rings. The minimum atomic E-state index is 0.292. The summed E-state index contributed by atoms with van der Waals surface area (Å²) in [5.41, 5.74) is 2.00. The summed E-state index contributed by atoms with van der Waals surface area (Å²) in [5.74, 6) is 1.24. The molecule has 0 aliphatic heterocycles. The van der Waals surface area contributed by atoms with Crippen LogP contribution in [-0.4, -0.2) is 33.4 Å². The largest absolute Gasteiger partial charge is 0.493 e. The Labute approximate surface area is 177 Å². The van der Waals surface area contributed by atoms with Gasteiger partial charge in [0.15, 0.2) is 11.5 Å². The lowest BCUT2D eigenvalue weighted by Crippen LogP contribution is -2.29. The molecule has 0 spiro atoms. The van der Waals surface area contributed by atoms with Crippen molar-refractivity contribution >= 4 is 0 Å². The molecule has 158 valence electrons. The quantitative estimate of drug-likeness (QED) is 0.614. The van der Waals surface area contributed by atoms with Gasteiger partial charge in [-0.1, -0.05) is 61.5 Å². The highest BCUT2D eigenvalue weighted by molar-refractivity contribution is 5.44. The minimum Gasteiger partial charge on any atom is -0.493 e. The van der Waals surface area contributed by atoms with E-state index in [1.807, 2.05) is 42.5 Å². The number of rotatable bonds is 7. The number of methoxy groups -OCH3 is 1. The normalized spacial score (nSPS) is 15.4. The monoisotopic (exact) mass is 407 g/mol. The van der Waals surface area contributed by atoms with E-state index in [1.165, 1.54) is 50.5 Å². The third-order valence-corrected chi connectivity index (χ3v) is 5.57. The third kappa shape index (κ3) is 5.16. The van der Waals surface area contributed by atoms with Crippen molar-refractivity contribution < 1.29 is 9.47 Å². The zero-order valence-corrected chi connectivity index (χ0v) is 17.5. The molecular formula is C23H29N5O2. The van der Waals surface area contributed by atoms with E-state index in [9.17, 15) is 0 Å². The van der Waals surface area contributed by atoms with Crippen LogP contribution in [0.4, 0.5) is 0 Å². The van der Waals surface area contributed by atoms with Gasteiger partial charge >= 0.3 is 6.01 Å². The van der Waals surface area contributed by atoms with Crippen LogP contribution >= 0.6 is 0 Å². The lowest BCUT2D eigenvalue weighted by Gasteiger charge is -2.21. The second-order valence-corrected chi connectivity index (χ2v) is 7.72. The van der Waals surface area contributed by atoms with Gasteiger partial charge in [0, 0.05) is 12.6 Å². The van der Waals surface area contributed by atoms with Gasteiger partial charge in [0.25, 0.3) is 0 Å². The fourth-order valence-electron chi connectivity index (χ4n) is 3.90. The molecule has 7 heteroatoms. The average molecular weight is 408 g/mol. The van der Waals surface area contributed by atoms with E-state index >= 15 is 0 Å². The first-order chi connectivity index (χ1) is 14.8. The molecule has 4 rings (SSSR count). The molecule has 30 heavy (non-hydrogen) atoms. The van der Waals surface area contributed by atoms with E-state index in [-0.39, 0.29) is 0 Å². The maximum Gasteiger partial charge on any atom is 0.346 e. The van der Waals surface area contributed by atoms with Crippen LogP contribution in [0.25, 0.3) is 5.69 Å². The number of nitrogens with one attached hydrogen (secondary N) is 1. The van der Waals surface area contributed by atoms with Gasteiger partial charge in [-0.25, -0.2) is 0 Å². The van der Waals surface area contributed by atoms with Crippen LogP contribution in [0, 0.1) is 0 Å². The highest BCUT2D eigenvalue weighted by atomic mass is 16.5. The molecule has 1 aromatic heterocycles. The molecule has 1 heterocycles. The number of hydrogen-bond donors (Lipinski definition) is 1. The number of para-hydroxylation sites is 1. The topological polar surface area (TPSA) is 74.1 Å². The average Bonchev–Trinajstić information content (AvgIpc) is 3.22. The molecule has 0 saturated heterocycles. The maximum atomic E-state index is 5.99. The Hall–Kier alpha value is -2.93. The lowest BCUT2D eigenvalue weighted by molar-refractivity contribution is 0.361. The molecule has 1 aliphatic rings. The molecule has 1 saturated carbocycles. The van der Waals surface area contributed by atoms with Crippen molar-refractivity contribution in [1.82, 2.24) is 25.5 Å². The summed E-state index contributed by atoms with van der Waals surface area (Å²) in [6.07, 6.45) is 9.29. The standard InChI is InChI=1S/C23H29N5O2/c1-29-22-16-18(17-24-19-10-6-3-2-4-7-11-19)14-15-21(22)30-23-25-26-27-28(23)20-12-8-5-9-13-20/h5,8-9,12-16,19,24H,2-4,6-7,10-11,17H2,1H3. The Balaban J connectivity index is 1.44. The number of ether oxygens (including phenoxy) is 2. The summed E-state index contributed by atoms with van der Waals surface area (Å²) in [6, 6.07) is 16.5. The van der Waals surface area contributed by atoms with Gasteiger partial charge in [0.2, 0.25) is 0 Å². The zero-order valence-electron chi connectivity index (χ0n) is 17.5. The minimum absolute atomic E-state index is 0.292. The van der Waals surface area contributed by atoms with E-state index in [0.717, 1.165) is 12.2 Å². The number of nitrogens with zero attached hydrogens (tertiary/aromatic N) is 4. The Bertz CT molecular complexity index is 920. The molecule has 0 atom stereocenters. The van der Waals surface area contributed by atoms with Crippen molar-refractivity contribution in [3.63, 3.8) is 0 Å². The second kappa shape index (κ2) is 10.2. The highest BCUT2D eigenvalue weighted by Gasteiger charge is 2.15. The summed E-state index contributed by atoms with van der Waals surface area (Å²) in [5, 5.41) is 15.5. The van der Waals surface area contributed by atoms with Crippen LogP contribution in [0.2, 0.25) is 0 Å². The lowest BCUT2D eigenvalue weighted by atomic mass is 9.96. The molecule has 2 aromatic carbocycles. The van der Waals surface area contributed by atoms with Gasteiger partial charge in [0.1, 0.15) is 0 Å². The van der Waals surface area contributed by atoms with E-state index in [1.54, 1.807) is 11.8 Å². The molecule has 0 radical (unpaired) electrons. The summed E-state index contributed by atoms with van der Waals surface area (Å²) in [6.45, 7) is 0.822. The first-order valence-corrected chi connectivity index (χ1v) is 10.8. The molecule has 0 unspecified atom stereocenters. The first-order valence-electron chi connectivity index (χ1n) is 10.8. The Kier molecular flexibility index (Phi) is 6.92. The maximum absolute atomic E-state index is 5.99. The number of aromatic nitrogens is 4. The van der Waals surface area contributed by atoms with Crippen molar-refractivity contribution in [1.29, 1.82) is 0 Å². The fourth-order valence-corrected chi connectivity index (χ4v) is 3.90. The SMILES string of the molecule is COc1cc(CNC2CCCCCCC2)ccc1Oc1nnnn1-c1ccccc1. The predicted octanol–water partition coefficient (Wildman–Crippen LogP) is 4.67. The van der Waals surface area contributed by atoms with Crippen molar-refractivity contribution in [2.24, 2.45) is 0 Å². The van der Waals surface area contributed by atoms with Crippen molar-refractivity contribution in [2.45, 2.75) is 57.5 Å². The van der Waals surface area contributed by atoms with Gasteiger partial charge in [-0.3, -0.25) is 0 Å². The Morgan fingerprint density at radius 1 is 0.967 bits per heavy atom. The van der Waals surface area contributed by atoms with Crippen molar-refractivity contribution in [2.75, 3.05) is 7.11 Å². The molecular weight excluding hydrogens is 378 g/mol. The molecule has 0 bridgehead atoms. The number of benzene rings is 2. The van der Waals surface area contributed by atoms with Crippen LogP contribution in [0.15, 0.2) is 48.5 Å². The van der Waals surface area contributed by atoms with Gasteiger partial charge in [-0.2, -0.15) is 4.68 Å². The number of hydrogen-bond acceptors (Lipinski definition) is 6. The molecule has 1 N–H and O–H groups in total. The van der Waals surface area contributed by atoms with Gasteiger partial charge < -0.3 is 14.8 Å². The predicted molar refractivity (Wildman–Crippen MR) is 115 cm³/mol. The van der Waals surface area contributed by atoms with E-state index in [4.69, 9.17) is 9.47 Å². The summed E-state index contributed by atoms with van der Waals surface area (Å²) in [7, 11) is 1.65. The summed E-state index contributed by atoms with van der Waals surface area (Å²) >= 11 is 0. The Morgan fingerprint density at radius 3 is 2.50 bits per heavy atom. The summed E-state index contributed by atoms with van der Waals surface area (Å²) in [4.78, 5) is 0. The van der Waals surface area contributed by atoms with Crippen molar-refractivity contribution in [3.05, 3.63) is 54.1 Å². The molecule has 1 aliphatic carbocycles.